The van der Waals surface area contributed by atoms with E-state index >= 15 is 0 Å². The molecule has 6 heteroatoms. The summed E-state index contributed by atoms with van der Waals surface area (Å²) in [5.74, 6) is -1.47. The molecule has 0 fully saturated rings. The zero-order chi connectivity index (χ0) is 13.4. The summed E-state index contributed by atoms with van der Waals surface area (Å²) < 4.78 is 5.05. The topological polar surface area (TPSA) is 78.9 Å². The quantitative estimate of drug-likeness (QED) is 0.695. The summed E-state index contributed by atoms with van der Waals surface area (Å²) in [5, 5.41) is 11.4. The van der Waals surface area contributed by atoms with E-state index in [1.165, 1.54) is 4.90 Å². The van der Waals surface area contributed by atoms with Crippen LogP contribution in [-0.4, -0.2) is 55.4 Å². The standard InChI is InChI=1S/C11H22N2O4/c1-8(10(14)15)7-13(3)11(16)12-6-5-9(2)17-4/h8-9H,5-7H2,1-4H3,(H,12,16)(H,14,15). The average molecular weight is 246 g/mol. The monoisotopic (exact) mass is 246 g/mol. The van der Waals surface area contributed by atoms with Crippen molar-refractivity contribution in [1.29, 1.82) is 0 Å². The molecular formula is C11H22N2O4. The number of urea groups is 1. The SMILES string of the molecule is COC(C)CCNC(=O)N(C)CC(C)C(=O)O. The lowest BCUT2D eigenvalue weighted by Crippen LogP contribution is -2.41. The molecule has 0 bridgehead atoms. The molecule has 2 N–H and O–H groups in total. The molecule has 100 valence electrons. The van der Waals surface area contributed by atoms with E-state index in [9.17, 15) is 9.59 Å². The Kier molecular flexibility index (Phi) is 7.29. The third kappa shape index (κ3) is 6.78. The second-order valence-corrected chi connectivity index (χ2v) is 4.19. The summed E-state index contributed by atoms with van der Waals surface area (Å²) in [5.41, 5.74) is 0. The van der Waals surface area contributed by atoms with Crippen molar-refractivity contribution >= 4 is 12.0 Å². The highest BCUT2D eigenvalue weighted by Crippen LogP contribution is 1.99. The van der Waals surface area contributed by atoms with Gasteiger partial charge in [-0.05, 0) is 13.3 Å². The van der Waals surface area contributed by atoms with Crippen LogP contribution in [0.4, 0.5) is 4.79 Å². The minimum atomic E-state index is -0.905. The number of carboxylic acids is 1. The number of methoxy groups -OCH3 is 1. The van der Waals surface area contributed by atoms with Crippen LogP contribution in [0.5, 0.6) is 0 Å². The summed E-state index contributed by atoms with van der Waals surface area (Å²) >= 11 is 0. The van der Waals surface area contributed by atoms with Gasteiger partial charge in [-0.15, -0.1) is 0 Å². The number of nitrogens with one attached hydrogen (secondary N) is 1. The number of aliphatic carboxylic acids is 1. The molecule has 2 amide bonds. The lowest BCUT2D eigenvalue weighted by atomic mass is 10.2. The van der Waals surface area contributed by atoms with Crippen LogP contribution in [0.3, 0.4) is 0 Å². The van der Waals surface area contributed by atoms with Crippen LogP contribution in [-0.2, 0) is 9.53 Å². The van der Waals surface area contributed by atoms with Crippen LogP contribution >= 0.6 is 0 Å². The first-order valence-electron chi connectivity index (χ1n) is 5.63. The van der Waals surface area contributed by atoms with Gasteiger partial charge in [-0.2, -0.15) is 0 Å². The molecule has 0 rings (SSSR count). The van der Waals surface area contributed by atoms with Crippen molar-refractivity contribution in [3.8, 4) is 0 Å². The Hall–Kier alpha value is -1.30. The lowest BCUT2D eigenvalue weighted by molar-refractivity contribution is -0.141. The maximum Gasteiger partial charge on any atom is 0.317 e. The predicted molar refractivity (Wildman–Crippen MR) is 63.9 cm³/mol. The normalized spacial score (nSPS) is 13.9. The second kappa shape index (κ2) is 7.89. The number of carbonyl (C=O) groups excluding carboxylic acids is 1. The molecule has 0 aliphatic rings. The smallest absolute Gasteiger partial charge is 0.317 e. The summed E-state index contributed by atoms with van der Waals surface area (Å²) in [7, 11) is 3.20. The maximum absolute atomic E-state index is 11.6. The van der Waals surface area contributed by atoms with Crippen molar-refractivity contribution in [2.45, 2.75) is 26.4 Å². The number of ether oxygens (including phenoxy) is 1. The average Bonchev–Trinajstić information content (AvgIpc) is 2.28. The van der Waals surface area contributed by atoms with Crippen LogP contribution in [0.25, 0.3) is 0 Å². The van der Waals surface area contributed by atoms with Gasteiger partial charge in [-0.3, -0.25) is 4.79 Å². The molecule has 0 aliphatic carbocycles. The van der Waals surface area contributed by atoms with E-state index < -0.39 is 11.9 Å². The Labute approximate surface area is 102 Å². The zero-order valence-corrected chi connectivity index (χ0v) is 10.9. The fourth-order valence-corrected chi connectivity index (χ4v) is 1.21. The Balaban J connectivity index is 3.86. The highest BCUT2D eigenvalue weighted by Gasteiger charge is 2.16. The van der Waals surface area contributed by atoms with Gasteiger partial charge in [0.2, 0.25) is 0 Å². The van der Waals surface area contributed by atoms with Crippen molar-refractivity contribution < 1.29 is 19.4 Å². The minimum absolute atomic E-state index is 0.0959. The number of hydrogen-bond donors (Lipinski definition) is 2. The van der Waals surface area contributed by atoms with Crippen molar-refractivity contribution in [2.75, 3.05) is 27.2 Å². The minimum Gasteiger partial charge on any atom is -0.481 e. The van der Waals surface area contributed by atoms with E-state index in [-0.39, 0.29) is 18.7 Å². The van der Waals surface area contributed by atoms with Gasteiger partial charge in [-0.25, -0.2) is 4.79 Å². The van der Waals surface area contributed by atoms with Gasteiger partial charge in [0.15, 0.2) is 0 Å². The fourth-order valence-electron chi connectivity index (χ4n) is 1.21. The molecule has 0 saturated carbocycles. The van der Waals surface area contributed by atoms with E-state index in [4.69, 9.17) is 9.84 Å². The van der Waals surface area contributed by atoms with Crippen LogP contribution in [0.1, 0.15) is 20.3 Å². The molecule has 2 unspecified atom stereocenters. The maximum atomic E-state index is 11.6. The third-order valence-corrected chi connectivity index (χ3v) is 2.55. The number of amides is 2. The van der Waals surface area contributed by atoms with Crippen molar-refractivity contribution in [2.24, 2.45) is 5.92 Å². The van der Waals surface area contributed by atoms with Crippen LogP contribution in [0.15, 0.2) is 0 Å². The number of carboxylic acid groups (broad SMARTS) is 1. The Morgan fingerprint density at radius 3 is 2.47 bits per heavy atom. The highest BCUT2D eigenvalue weighted by molar-refractivity contribution is 5.75. The van der Waals surface area contributed by atoms with Gasteiger partial charge >= 0.3 is 12.0 Å². The van der Waals surface area contributed by atoms with Gasteiger partial charge in [-0.1, -0.05) is 6.92 Å². The van der Waals surface area contributed by atoms with Gasteiger partial charge in [0, 0.05) is 27.2 Å². The van der Waals surface area contributed by atoms with Crippen molar-refractivity contribution in [3.05, 3.63) is 0 Å². The molecule has 0 aromatic rings. The van der Waals surface area contributed by atoms with Gasteiger partial charge in [0.1, 0.15) is 0 Å². The Morgan fingerprint density at radius 2 is 2.00 bits per heavy atom. The first-order chi connectivity index (χ1) is 7.88. The largest absolute Gasteiger partial charge is 0.481 e. The van der Waals surface area contributed by atoms with Crippen molar-refractivity contribution in [1.82, 2.24) is 10.2 Å². The van der Waals surface area contributed by atoms with Crippen LogP contribution < -0.4 is 5.32 Å². The van der Waals surface area contributed by atoms with E-state index in [0.717, 1.165) is 6.42 Å². The number of hydrogen-bond acceptors (Lipinski definition) is 3. The first kappa shape index (κ1) is 15.7. The number of carbonyl (C=O) groups is 2. The Morgan fingerprint density at radius 1 is 1.41 bits per heavy atom. The van der Waals surface area contributed by atoms with E-state index in [1.54, 1.807) is 21.1 Å². The molecule has 0 radical (unpaired) electrons. The van der Waals surface area contributed by atoms with Crippen LogP contribution in [0.2, 0.25) is 0 Å². The van der Waals surface area contributed by atoms with E-state index in [1.807, 2.05) is 6.92 Å². The molecule has 6 nitrogen and oxygen atoms in total. The predicted octanol–water partition coefficient (Wildman–Crippen LogP) is 0.773. The number of rotatable bonds is 7. The van der Waals surface area contributed by atoms with E-state index in [2.05, 4.69) is 5.32 Å². The molecule has 0 aromatic carbocycles. The third-order valence-electron chi connectivity index (χ3n) is 2.55. The first-order valence-corrected chi connectivity index (χ1v) is 5.63. The molecular weight excluding hydrogens is 224 g/mol. The summed E-state index contributed by atoms with van der Waals surface area (Å²) in [4.78, 5) is 23.5. The van der Waals surface area contributed by atoms with Gasteiger partial charge in [0.05, 0.1) is 12.0 Å². The molecule has 17 heavy (non-hydrogen) atoms. The fraction of sp³-hybridized carbons (Fsp3) is 0.818. The van der Waals surface area contributed by atoms with Crippen LogP contribution in [0, 0.1) is 5.92 Å². The summed E-state index contributed by atoms with van der Waals surface area (Å²) in [6, 6.07) is -0.263. The van der Waals surface area contributed by atoms with E-state index in [0.29, 0.717) is 6.54 Å². The number of nitrogens with zero attached hydrogens (tertiary/aromatic N) is 1. The zero-order valence-electron chi connectivity index (χ0n) is 10.9. The molecule has 0 heterocycles. The Bertz CT molecular complexity index is 258. The summed E-state index contributed by atoms with van der Waals surface area (Å²) in [6.45, 7) is 4.20. The van der Waals surface area contributed by atoms with Gasteiger partial charge < -0.3 is 20.1 Å². The summed E-state index contributed by atoms with van der Waals surface area (Å²) in [6.07, 6.45) is 0.823. The molecule has 0 aliphatic heterocycles. The van der Waals surface area contributed by atoms with Crippen molar-refractivity contribution in [3.63, 3.8) is 0 Å². The highest BCUT2D eigenvalue weighted by atomic mass is 16.5. The molecule has 2 atom stereocenters. The second-order valence-electron chi connectivity index (χ2n) is 4.19. The molecule has 0 aromatic heterocycles. The molecule has 0 saturated heterocycles. The lowest BCUT2D eigenvalue weighted by Gasteiger charge is -2.20. The molecule has 0 spiro atoms. The van der Waals surface area contributed by atoms with Gasteiger partial charge in [0.25, 0.3) is 0 Å².